The molecule has 5 heteroatoms. The van der Waals surface area contributed by atoms with Crippen molar-refractivity contribution >= 4 is 0 Å². The molecule has 18 heavy (non-hydrogen) atoms. The summed E-state index contributed by atoms with van der Waals surface area (Å²) < 4.78 is 5.22. The highest BCUT2D eigenvalue weighted by Crippen LogP contribution is 2.22. The van der Waals surface area contributed by atoms with Crippen molar-refractivity contribution in [3.05, 3.63) is 29.8 Å². The molecule has 2 rings (SSSR count). The Morgan fingerprint density at radius 1 is 1.33 bits per heavy atom. The van der Waals surface area contributed by atoms with Gasteiger partial charge >= 0.3 is 0 Å². The molecule has 5 nitrogen and oxygen atoms in total. The second-order valence-corrected chi connectivity index (χ2v) is 4.53. The Morgan fingerprint density at radius 3 is 2.78 bits per heavy atom. The van der Waals surface area contributed by atoms with E-state index in [-0.39, 0.29) is 6.04 Å². The number of rotatable bonds is 4. The Bertz CT molecular complexity index is 523. The largest absolute Gasteiger partial charge is 0.337 e. The number of hydrogen-bond acceptors (Lipinski definition) is 5. The van der Waals surface area contributed by atoms with Gasteiger partial charge in [-0.1, -0.05) is 31.5 Å². The van der Waals surface area contributed by atoms with Gasteiger partial charge in [0, 0.05) is 5.69 Å². The first-order valence-corrected chi connectivity index (χ1v) is 6.15. The molecule has 0 amide bonds. The predicted molar refractivity (Wildman–Crippen MR) is 68.6 cm³/mol. The standard InChI is InChI=1S/C13H18N4O/c1-4-8(2)11(14)13-16-12(17-18-13)10-7-5-6-9(3)15-10/h5-8,11H,4,14H2,1-3H3/t8-,11-/m0/s1. The molecule has 2 atom stereocenters. The number of aryl methyl sites for hydroxylation is 1. The first-order chi connectivity index (χ1) is 8.61. The summed E-state index contributed by atoms with van der Waals surface area (Å²) >= 11 is 0. The van der Waals surface area contributed by atoms with Crippen LogP contribution < -0.4 is 5.73 Å². The van der Waals surface area contributed by atoms with E-state index in [1.807, 2.05) is 25.1 Å². The summed E-state index contributed by atoms with van der Waals surface area (Å²) in [5.74, 6) is 1.28. The lowest BCUT2D eigenvalue weighted by molar-refractivity contribution is 0.312. The summed E-state index contributed by atoms with van der Waals surface area (Å²) in [6, 6.07) is 5.48. The van der Waals surface area contributed by atoms with Crippen molar-refractivity contribution in [3.63, 3.8) is 0 Å². The summed E-state index contributed by atoms with van der Waals surface area (Å²) in [5.41, 5.74) is 7.68. The predicted octanol–water partition coefficient (Wildman–Crippen LogP) is 2.49. The zero-order valence-electron chi connectivity index (χ0n) is 10.9. The van der Waals surface area contributed by atoms with E-state index in [0.717, 1.165) is 12.1 Å². The molecule has 2 aromatic rings. The zero-order valence-corrected chi connectivity index (χ0v) is 10.9. The molecular formula is C13H18N4O. The molecule has 0 unspecified atom stereocenters. The summed E-state index contributed by atoms with van der Waals surface area (Å²) in [6.45, 7) is 6.08. The van der Waals surface area contributed by atoms with Crippen LogP contribution in [-0.2, 0) is 0 Å². The highest BCUT2D eigenvalue weighted by atomic mass is 16.5. The first kappa shape index (κ1) is 12.7. The molecule has 0 saturated carbocycles. The van der Waals surface area contributed by atoms with Crippen molar-refractivity contribution in [1.82, 2.24) is 15.1 Å². The summed E-state index contributed by atoms with van der Waals surface area (Å²) in [4.78, 5) is 8.68. The summed E-state index contributed by atoms with van der Waals surface area (Å²) in [7, 11) is 0. The van der Waals surface area contributed by atoms with Gasteiger partial charge in [0.1, 0.15) is 5.69 Å². The molecule has 0 aliphatic carbocycles. The maximum atomic E-state index is 6.05. The number of nitrogens with two attached hydrogens (primary N) is 1. The van der Waals surface area contributed by atoms with Gasteiger partial charge in [-0.25, -0.2) is 4.98 Å². The fourth-order valence-electron chi connectivity index (χ4n) is 1.64. The average Bonchev–Trinajstić information content (AvgIpc) is 2.86. The van der Waals surface area contributed by atoms with Crippen molar-refractivity contribution in [1.29, 1.82) is 0 Å². The molecule has 2 heterocycles. The third-order valence-corrected chi connectivity index (χ3v) is 3.10. The van der Waals surface area contributed by atoms with Crippen molar-refractivity contribution < 1.29 is 4.52 Å². The van der Waals surface area contributed by atoms with Gasteiger partial charge in [-0.3, -0.25) is 0 Å². The molecule has 2 aromatic heterocycles. The number of pyridine rings is 1. The Kier molecular flexibility index (Phi) is 3.72. The Balaban J connectivity index is 2.25. The second-order valence-electron chi connectivity index (χ2n) is 4.53. The molecule has 96 valence electrons. The van der Waals surface area contributed by atoms with E-state index in [0.29, 0.717) is 23.3 Å². The smallest absolute Gasteiger partial charge is 0.244 e. The van der Waals surface area contributed by atoms with Crippen molar-refractivity contribution in [2.45, 2.75) is 33.2 Å². The molecule has 0 bridgehead atoms. The fourth-order valence-corrected chi connectivity index (χ4v) is 1.64. The lowest BCUT2D eigenvalue weighted by atomic mass is 10.0. The van der Waals surface area contributed by atoms with Gasteiger partial charge in [-0.2, -0.15) is 4.98 Å². The van der Waals surface area contributed by atoms with E-state index in [9.17, 15) is 0 Å². The summed E-state index contributed by atoms with van der Waals surface area (Å²) in [5, 5.41) is 3.94. The molecule has 0 spiro atoms. The van der Waals surface area contributed by atoms with Crippen LogP contribution in [0, 0.1) is 12.8 Å². The van der Waals surface area contributed by atoms with Crippen LogP contribution in [0.5, 0.6) is 0 Å². The first-order valence-electron chi connectivity index (χ1n) is 6.15. The SMILES string of the molecule is CC[C@H](C)[C@H](N)c1nc(-c2cccc(C)n2)no1. The molecule has 0 aliphatic rings. The minimum Gasteiger partial charge on any atom is -0.337 e. The van der Waals surface area contributed by atoms with Crippen molar-refractivity contribution in [2.24, 2.45) is 11.7 Å². The molecule has 0 aromatic carbocycles. The van der Waals surface area contributed by atoms with Gasteiger partial charge in [0.2, 0.25) is 11.7 Å². The van der Waals surface area contributed by atoms with E-state index in [1.165, 1.54) is 0 Å². The summed E-state index contributed by atoms with van der Waals surface area (Å²) in [6.07, 6.45) is 0.974. The van der Waals surface area contributed by atoms with Crippen molar-refractivity contribution in [3.8, 4) is 11.5 Å². The molecule has 2 N–H and O–H groups in total. The minimum atomic E-state index is -0.221. The van der Waals surface area contributed by atoms with Crippen LogP contribution in [0.25, 0.3) is 11.5 Å². The lowest BCUT2D eigenvalue weighted by Crippen LogP contribution is -2.18. The van der Waals surface area contributed by atoms with Crippen molar-refractivity contribution in [2.75, 3.05) is 0 Å². The van der Waals surface area contributed by atoms with Crippen LogP contribution in [0.2, 0.25) is 0 Å². The molecule has 0 aliphatic heterocycles. The molecule has 0 saturated heterocycles. The quantitative estimate of drug-likeness (QED) is 0.896. The van der Waals surface area contributed by atoms with Gasteiger partial charge in [-0.15, -0.1) is 0 Å². The number of hydrogen-bond donors (Lipinski definition) is 1. The molecule has 0 fully saturated rings. The van der Waals surface area contributed by atoms with E-state index < -0.39 is 0 Å². The van der Waals surface area contributed by atoms with Crippen LogP contribution in [0.1, 0.15) is 37.9 Å². The van der Waals surface area contributed by atoms with E-state index in [1.54, 1.807) is 0 Å². The van der Waals surface area contributed by atoms with Gasteiger partial charge in [0.25, 0.3) is 0 Å². The number of aromatic nitrogens is 3. The Morgan fingerprint density at radius 2 is 2.11 bits per heavy atom. The van der Waals surface area contributed by atoms with Crippen LogP contribution in [0.4, 0.5) is 0 Å². The third-order valence-electron chi connectivity index (χ3n) is 3.10. The third kappa shape index (κ3) is 2.56. The van der Waals surface area contributed by atoms with E-state index in [2.05, 4.69) is 29.0 Å². The molecular weight excluding hydrogens is 228 g/mol. The lowest BCUT2D eigenvalue weighted by Gasteiger charge is -2.12. The highest BCUT2D eigenvalue weighted by molar-refractivity contribution is 5.48. The van der Waals surface area contributed by atoms with Crippen LogP contribution in [-0.4, -0.2) is 15.1 Å². The maximum absolute atomic E-state index is 6.05. The maximum Gasteiger partial charge on any atom is 0.244 e. The van der Waals surface area contributed by atoms with E-state index in [4.69, 9.17) is 10.3 Å². The highest BCUT2D eigenvalue weighted by Gasteiger charge is 2.20. The Labute approximate surface area is 106 Å². The minimum absolute atomic E-state index is 0.221. The fraction of sp³-hybridized carbons (Fsp3) is 0.462. The van der Waals surface area contributed by atoms with Crippen LogP contribution in [0.15, 0.2) is 22.7 Å². The van der Waals surface area contributed by atoms with Crippen LogP contribution >= 0.6 is 0 Å². The van der Waals surface area contributed by atoms with Gasteiger partial charge < -0.3 is 10.3 Å². The van der Waals surface area contributed by atoms with Gasteiger partial charge in [-0.05, 0) is 25.0 Å². The van der Waals surface area contributed by atoms with E-state index >= 15 is 0 Å². The second kappa shape index (κ2) is 5.27. The monoisotopic (exact) mass is 246 g/mol. The van der Waals surface area contributed by atoms with Gasteiger partial charge in [0.15, 0.2) is 0 Å². The topological polar surface area (TPSA) is 77.8 Å². The average molecular weight is 246 g/mol. The Hall–Kier alpha value is -1.75. The normalized spacial score (nSPS) is 14.4. The van der Waals surface area contributed by atoms with Gasteiger partial charge in [0.05, 0.1) is 6.04 Å². The zero-order chi connectivity index (χ0) is 13.1. The molecule has 0 radical (unpaired) electrons. The van der Waals surface area contributed by atoms with Crippen LogP contribution in [0.3, 0.4) is 0 Å². The number of nitrogens with zero attached hydrogens (tertiary/aromatic N) is 3.